The SMILES string of the molecule is Cc1ccc(-c2ccc(-c3cn4c(n3)CCC(CNC(=O)c3ccc(F)cc3)C4)cc2)cc1C. The topological polar surface area (TPSA) is 46.9 Å². The van der Waals surface area contributed by atoms with Crippen LogP contribution in [0.15, 0.2) is 72.9 Å². The molecule has 2 heterocycles. The van der Waals surface area contributed by atoms with Gasteiger partial charge in [-0.05, 0) is 72.7 Å². The van der Waals surface area contributed by atoms with Gasteiger partial charge in [0.1, 0.15) is 11.6 Å². The van der Waals surface area contributed by atoms with Crippen molar-refractivity contribution in [2.45, 2.75) is 33.2 Å². The molecule has 1 aliphatic rings. The first-order chi connectivity index (χ1) is 16.5. The van der Waals surface area contributed by atoms with Crippen LogP contribution in [0.5, 0.6) is 0 Å². The lowest BCUT2D eigenvalue weighted by Gasteiger charge is -2.23. The van der Waals surface area contributed by atoms with Crippen molar-refractivity contribution in [2.75, 3.05) is 6.54 Å². The molecule has 0 fully saturated rings. The van der Waals surface area contributed by atoms with E-state index < -0.39 is 0 Å². The fourth-order valence-electron chi connectivity index (χ4n) is 4.52. The van der Waals surface area contributed by atoms with E-state index in [0.717, 1.165) is 36.5 Å². The Kier molecular flexibility index (Phi) is 6.01. The van der Waals surface area contributed by atoms with E-state index in [1.54, 1.807) is 0 Å². The number of aryl methyl sites for hydroxylation is 3. The number of hydrogen-bond acceptors (Lipinski definition) is 2. The Bertz CT molecular complexity index is 1320. The molecule has 1 aromatic heterocycles. The van der Waals surface area contributed by atoms with E-state index in [1.165, 1.54) is 46.5 Å². The Morgan fingerprint density at radius 2 is 1.68 bits per heavy atom. The van der Waals surface area contributed by atoms with Gasteiger partial charge in [-0.1, -0.05) is 42.5 Å². The summed E-state index contributed by atoms with van der Waals surface area (Å²) in [5.41, 5.74) is 7.60. The van der Waals surface area contributed by atoms with Gasteiger partial charge in [-0.2, -0.15) is 0 Å². The van der Waals surface area contributed by atoms with Crippen LogP contribution in [0.25, 0.3) is 22.4 Å². The third-order valence-corrected chi connectivity index (χ3v) is 6.77. The van der Waals surface area contributed by atoms with Crippen molar-refractivity contribution in [1.29, 1.82) is 0 Å². The smallest absolute Gasteiger partial charge is 0.251 e. The average Bonchev–Trinajstić information content (AvgIpc) is 3.28. The van der Waals surface area contributed by atoms with E-state index in [1.807, 2.05) is 0 Å². The Balaban J connectivity index is 1.24. The Labute approximate surface area is 199 Å². The molecule has 1 atom stereocenters. The quantitative estimate of drug-likeness (QED) is 0.405. The lowest BCUT2D eigenvalue weighted by atomic mass is 9.99. The first-order valence-corrected chi connectivity index (χ1v) is 11.7. The minimum absolute atomic E-state index is 0.166. The Hall–Kier alpha value is -3.73. The summed E-state index contributed by atoms with van der Waals surface area (Å²) in [6.45, 7) is 5.69. The van der Waals surface area contributed by atoms with Gasteiger partial charge >= 0.3 is 0 Å². The summed E-state index contributed by atoms with van der Waals surface area (Å²) < 4.78 is 15.3. The molecular formula is C29H28FN3O. The summed E-state index contributed by atoms with van der Waals surface area (Å²) in [6, 6.07) is 20.8. The van der Waals surface area contributed by atoms with Gasteiger partial charge in [0.15, 0.2) is 0 Å². The molecule has 0 saturated heterocycles. The second-order valence-electron chi connectivity index (χ2n) is 9.19. The molecular weight excluding hydrogens is 425 g/mol. The minimum Gasteiger partial charge on any atom is -0.352 e. The van der Waals surface area contributed by atoms with Crippen LogP contribution in [0, 0.1) is 25.6 Å². The van der Waals surface area contributed by atoms with Crippen LogP contribution in [0.2, 0.25) is 0 Å². The zero-order valence-corrected chi connectivity index (χ0v) is 19.5. The number of rotatable bonds is 5. The molecule has 5 rings (SSSR count). The maximum Gasteiger partial charge on any atom is 0.251 e. The number of benzene rings is 3. The number of halogens is 1. The van der Waals surface area contributed by atoms with E-state index >= 15 is 0 Å². The highest BCUT2D eigenvalue weighted by Crippen LogP contribution is 2.28. The van der Waals surface area contributed by atoms with Crippen molar-refractivity contribution in [1.82, 2.24) is 14.9 Å². The molecule has 0 aliphatic carbocycles. The summed E-state index contributed by atoms with van der Waals surface area (Å²) in [6.07, 6.45) is 3.98. The third kappa shape index (κ3) is 4.65. The van der Waals surface area contributed by atoms with Crippen LogP contribution < -0.4 is 5.32 Å². The van der Waals surface area contributed by atoms with Gasteiger partial charge in [-0.15, -0.1) is 0 Å². The highest BCUT2D eigenvalue weighted by atomic mass is 19.1. The standard InChI is InChI=1S/C29H28FN3O/c1-19-3-5-25(15-20(19)2)22-6-8-23(9-7-22)27-18-33-17-21(4-14-28(33)32-27)16-31-29(34)24-10-12-26(30)13-11-24/h3,5-13,15,18,21H,4,14,16-17H2,1-2H3,(H,31,34). The number of hydrogen-bond donors (Lipinski definition) is 1. The summed E-state index contributed by atoms with van der Waals surface area (Å²) in [5.74, 6) is 0.925. The zero-order chi connectivity index (χ0) is 23.7. The average molecular weight is 454 g/mol. The summed E-state index contributed by atoms with van der Waals surface area (Å²) in [5, 5.41) is 2.99. The molecule has 0 spiro atoms. The van der Waals surface area contributed by atoms with Crippen molar-refractivity contribution in [3.05, 3.63) is 101 Å². The minimum atomic E-state index is -0.341. The third-order valence-electron chi connectivity index (χ3n) is 6.77. The molecule has 34 heavy (non-hydrogen) atoms. The van der Waals surface area contributed by atoms with Gasteiger partial charge in [0.25, 0.3) is 5.91 Å². The van der Waals surface area contributed by atoms with Crippen molar-refractivity contribution in [3.8, 4) is 22.4 Å². The first kappa shape index (κ1) is 22.1. The first-order valence-electron chi connectivity index (χ1n) is 11.7. The van der Waals surface area contributed by atoms with Gasteiger partial charge in [0.2, 0.25) is 0 Å². The molecule has 0 radical (unpaired) electrons. The number of carbonyl (C=O) groups is 1. The van der Waals surface area contributed by atoms with Crippen LogP contribution >= 0.6 is 0 Å². The van der Waals surface area contributed by atoms with E-state index in [0.29, 0.717) is 18.0 Å². The maximum absolute atomic E-state index is 13.1. The van der Waals surface area contributed by atoms with E-state index in [2.05, 4.69) is 72.4 Å². The molecule has 4 aromatic rings. The maximum atomic E-state index is 13.1. The number of nitrogens with zero attached hydrogens (tertiary/aromatic N) is 2. The molecule has 1 unspecified atom stereocenters. The van der Waals surface area contributed by atoms with Gasteiger partial charge in [-0.25, -0.2) is 9.37 Å². The number of amides is 1. The number of carbonyl (C=O) groups excluding carboxylic acids is 1. The van der Waals surface area contributed by atoms with Crippen molar-refractivity contribution >= 4 is 5.91 Å². The van der Waals surface area contributed by atoms with Crippen molar-refractivity contribution < 1.29 is 9.18 Å². The van der Waals surface area contributed by atoms with Gasteiger partial charge in [0.05, 0.1) is 5.69 Å². The highest BCUT2D eigenvalue weighted by Gasteiger charge is 2.21. The molecule has 1 aliphatic heterocycles. The van der Waals surface area contributed by atoms with Crippen LogP contribution in [0.3, 0.4) is 0 Å². The molecule has 0 saturated carbocycles. The fraction of sp³-hybridized carbons (Fsp3) is 0.241. The Morgan fingerprint density at radius 3 is 2.41 bits per heavy atom. The molecule has 4 nitrogen and oxygen atoms in total. The molecule has 3 aromatic carbocycles. The molecule has 0 bridgehead atoms. The highest BCUT2D eigenvalue weighted by molar-refractivity contribution is 5.94. The summed E-state index contributed by atoms with van der Waals surface area (Å²) in [7, 11) is 0. The van der Waals surface area contributed by atoms with Crippen LogP contribution in [-0.4, -0.2) is 22.0 Å². The second-order valence-corrected chi connectivity index (χ2v) is 9.19. The summed E-state index contributed by atoms with van der Waals surface area (Å²) in [4.78, 5) is 17.2. The van der Waals surface area contributed by atoms with Crippen molar-refractivity contribution in [3.63, 3.8) is 0 Å². The zero-order valence-electron chi connectivity index (χ0n) is 19.5. The number of nitrogens with one attached hydrogen (secondary N) is 1. The molecule has 1 amide bonds. The lowest BCUT2D eigenvalue weighted by molar-refractivity contribution is 0.0943. The number of fused-ring (bicyclic) bond motifs is 1. The normalized spacial score (nSPS) is 15.1. The summed E-state index contributed by atoms with van der Waals surface area (Å²) >= 11 is 0. The molecule has 5 heteroatoms. The van der Waals surface area contributed by atoms with E-state index in [-0.39, 0.29) is 11.7 Å². The van der Waals surface area contributed by atoms with Crippen LogP contribution in [0.1, 0.15) is 33.7 Å². The van der Waals surface area contributed by atoms with E-state index in [9.17, 15) is 9.18 Å². The molecule has 172 valence electrons. The van der Waals surface area contributed by atoms with Gasteiger partial charge < -0.3 is 9.88 Å². The fourth-order valence-corrected chi connectivity index (χ4v) is 4.52. The van der Waals surface area contributed by atoms with Gasteiger partial charge in [-0.3, -0.25) is 4.79 Å². The largest absolute Gasteiger partial charge is 0.352 e. The van der Waals surface area contributed by atoms with Crippen molar-refractivity contribution in [2.24, 2.45) is 5.92 Å². The van der Waals surface area contributed by atoms with Crippen LogP contribution in [0.4, 0.5) is 4.39 Å². The molecule has 1 N–H and O–H groups in total. The van der Waals surface area contributed by atoms with Crippen LogP contribution in [-0.2, 0) is 13.0 Å². The monoisotopic (exact) mass is 453 g/mol. The number of aromatic nitrogens is 2. The van der Waals surface area contributed by atoms with E-state index in [4.69, 9.17) is 4.98 Å². The lowest BCUT2D eigenvalue weighted by Crippen LogP contribution is -2.33. The second kappa shape index (κ2) is 9.26. The number of imidazole rings is 1. The van der Waals surface area contributed by atoms with Gasteiger partial charge in [0, 0.05) is 36.8 Å². The predicted molar refractivity (Wildman–Crippen MR) is 133 cm³/mol. The Morgan fingerprint density at radius 1 is 0.971 bits per heavy atom. The predicted octanol–water partition coefficient (Wildman–Crippen LogP) is 5.97.